The molecule has 0 aliphatic rings. The summed E-state index contributed by atoms with van der Waals surface area (Å²) in [6.07, 6.45) is 0.206. The van der Waals surface area contributed by atoms with Gasteiger partial charge in [0.05, 0.1) is 19.4 Å². The van der Waals surface area contributed by atoms with Gasteiger partial charge in [0.15, 0.2) is 0 Å². The highest BCUT2D eigenvalue weighted by atomic mass is 32.1. The molecule has 1 aromatic rings. The van der Waals surface area contributed by atoms with Crippen LogP contribution in [0.4, 0.5) is 0 Å². The van der Waals surface area contributed by atoms with Crippen molar-refractivity contribution < 1.29 is 19.4 Å². The van der Waals surface area contributed by atoms with E-state index in [2.05, 4.69) is 9.72 Å². The number of aliphatic hydroxyl groups is 1. The number of thiazole rings is 1. The topological polar surface area (TPSA) is 68.7 Å². The zero-order valence-electron chi connectivity index (χ0n) is 8.76. The van der Waals surface area contributed by atoms with E-state index in [0.29, 0.717) is 9.88 Å². The molecule has 0 aromatic carbocycles. The van der Waals surface area contributed by atoms with Gasteiger partial charge in [0.25, 0.3) is 0 Å². The molecule has 0 amide bonds. The fourth-order valence-electron chi connectivity index (χ4n) is 0.949. The van der Waals surface area contributed by atoms with Crippen LogP contribution in [0.15, 0.2) is 6.20 Å². The molecule has 1 aromatic heterocycles. The number of aromatic nitrogens is 1. The van der Waals surface area contributed by atoms with Crippen molar-refractivity contribution in [3.8, 4) is 0 Å². The molecule has 6 heteroatoms. The molecule has 0 radical (unpaired) electrons. The van der Waals surface area contributed by atoms with Gasteiger partial charge in [0.1, 0.15) is 16.0 Å². The average molecular weight is 231 g/mol. The van der Waals surface area contributed by atoms with Crippen molar-refractivity contribution in [2.24, 2.45) is 0 Å². The van der Waals surface area contributed by atoms with Crippen LogP contribution in [0, 0.1) is 0 Å². The molecular formula is C9H13NO4S. The summed E-state index contributed by atoms with van der Waals surface area (Å²) < 4.78 is 9.50. The van der Waals surface area contributed by atoms with Crippen LogP contribution in [0.2, 0.25) is 0 Å². The number of ether oxygens (including phenoxy) is 2. The number of rotatable bonds is 4. The minimum atomic E-state index is -0.821. The largest absolute Gasteiger partial charge is 0.465 e. The van der Waals surface area contributed by atoms with Crippen molar-refractivity contribution in [2.45, 2.75) is 19.1 Å². The number of carbonyl (C=O) groups is 1. The molecule has 1 rings (SSSR count). The summed E-state index contributed by atoms with van der Waals surface area (Å²) in [5.74, 6) is -0.448. The Morgan fingerprint density at radius 3 is 2.80 bits per heavy atom. The van der Waals surface area contributed by atoms with Crippen LogP contribution in [0.25, 0.3) is 0 Å². The Bertz CT molecular complexity index is 339. The molecule has 0 fully saturated rings. The number of methoxy groups -OCH3 is 2. The zero-order chi connectivity index (χ0) is 11.4. The number of nitrogens with zero attached hydrogens (tertiary/aromatic N) is 1. The second-order valence-electron chi connectivity index (χ2n) is 2.94. The van der Waals surface area contributed by atoms with Crippen molar-refractivity contribution in [1.82, 2.24) is 4.98 Å². The van der Waals surface area contributed by atoms with Gasteiger partial charge in [-0.3, -0.25) is 0 Å². The van der Waals surface area contributed by atoms with Crippen LogP contribution in [0.3, 0.4) is 0 Å². The molecule has 0 bridgehead atoms. The van der Waals surface area contributed by atoms with Gasteiger partial charge in [-0.25, -0.2) is 9.78 Å². The lowest BCUT2D eigenvalue weighted by Crippen LogP contribution is -2.16. The van der Waals surface area contributed by atoms with E-state index in [4.69, 9.17) is 4.74 Å². The minimum absolute atomic E-state index is 0.360. The first-order valence-corrected chi connectivity index (χ1v) is 5.16. The van der Waals surface area contributed by atoms with E-state index in [1.54, 1.807) is 6.92 Å². The average Bonchev–Trinajstić information content (AvgIpc) is 2.75. The maximum atomic E-state index is 11.1. The standard InChI is InChI=1S/C9H13NO4S/c1-5(13-2)7(11)8-10-4-6(15-8)9(12)14-3/h4-5,7,11H,1-3H3. The lowest BCUT2D eigenvalue weighted by atomic mass is 10.2. The first-order valence-electron chi connectivity index (χ1n) is 4.35. The molecule has 5 nitrogen and oxygen atoms in total. The van der Waals surface area contributed by atoms with Crippen LogP contribution in [-0.2, 0) is 9.47 Å². The summed E-state index contributed by atoms with van der Waals surface area (Å²) in [4.78, 5) is 15.4. The maximum Gasteiger partial charge on any atom is 0.349 e. The molecular weight excluding hydrogens is 218 g/mol. The molecule has 0 aliphatic carbocycles. The Morgan fingerprint density at radius 2 is 2.27 bits per heavy atom. The first-order chi connectivity index (χ1) is 7.10. The van der Waals surface area contributed by atoms with Gasteiger partial charge in [0.2, 0.25) is 0 Å². The predicted molar refractivity (Wildman–Crippen MR) is 54.9 cm³/mol. The molecule has 0 saturated carbocycles. The number of aliphatic hydroxyl groups excluding tert-OH is 1. The van der Waals surface area contributed by atoms with Gasteiger partial charge in [-0.1, -0.05) is 0 Å². The van der Waals surface area contributed by atoms with Crippen LogP contribution in [0.1, 0.15) is 27.7 Å². The zero-order valence-corrected chi connectivity index (χ0v) is 9.58. The number of hydrogen-bond acceptors (Lipinski definition) is 6. The number of carbonyl (C=O) groups excluding carboxylic acids is 1. The molecule has 0 spiro atoms. The predicted octanol–water partition coefficient (Wildman–Crippen LogP) is 0.998. The van der Waals surface area contributed by atoms with Crippen molar-refractivity contribution in [2.75, 3.05) is 14.2 Å². The summed E-state index contributed by atoms with van der Waals surface area (Å²) >= 11 is 1.10. The summed E-state index contributed by atoms with van der Waals surface area (Å²) in [6, 6.07) is 0. The molecule has 15 heavy (non-hydrogen) atoms. The summed E-state index contributed by atoms with van der Waals surface area (Å²) in [5.41, 5.74) is 0. The molecule has 0 aliphatic heterocycles. The van der Waals surface area contributed by atoms with Crippen LogP contribution in [0.5, 0.6) is 0 Å². The SMILES string of the molecule is COC(=O)c1cnc(C(O)C(C)OC)s1. The monoisotopic (exact) mass is 231 g/mol. The van der Waals surface area contributed by atoms with Crippen LogP contribution in [-0.4, -0.2) is 36.4 Å². The quantitative estimate of drug-likeness (QED) is 0.783. The molecule has 1 heterocycles. The molecule has 84 valence electrons. The van der Waals surface area contributed by atoms with Crippen LogP contribution < -0.4 is 0 Å². The van der Waals surface area contributed by atoms with Crippen molar-refractivity contribution in [3.05, 3.63) is 16.1 Å². The lowest BCUT2D eigenvalue weighted by Gasteiger charge is -2.14. The Hall–Kier alpha value is -0.980. The van der Waals surface area contributed by atoms with Gasteiger partial charge in [-0.15, -0.1) is 11.3 Å². The highest BCUT2D eigenvalue weighted by Gasteiger charge is 2.21. The van der Waals surface area contributed by atoms with E-state index in [-0.39, 0.29) is 6.10 Å². The van der Waals surface area contributed by atoms with Crippen molar-refractivity contribution in [1.29, 1.82) is 0 Å². The third-order valence-corrected chi connectivity index (χ3v) is 3.03. The van der Waals surface area contributed by atoms with E-state index in [1.807, 2.05) is 0 Å². The van der Waals surface area contributed by atoms with Gasteiger partial charge in [0, 0.05) is 7.11 Å². The summed E-state index contributed by atoms with van der Waals surface area (Å²) in [6.45, 7) is 1.73. The first kappa shape index (κ1) is 12.1. The van der Waals surface area contributed by atoms with Gasteiger partial charge >= 0.3 is 5.97 Å². The van der Waals surface area contributed by atoms with E-state index < -0.39 is 12.1 Å². The number of hydrogen-bond donors (Lipinski definition) is 1. The Balaban J connectivity index is 2.79. The Kier molecular flexibility index (Phi) is 4.19. The van der Waals surface area contributed by atoms with E-state index in [1.165, 1.54) is 20.4 Å². The smallest absolute Gasteiger partial charge is 0.349 e. The second kappa shape index (κ2) is 5.20. The molecule has 0 saturated heterocycles. The van der Waals surface area contributed by atoms with Crippen LogP contribution >= 0.6 is 11.3 Å². The fourth-order valence-corrected chi connectivity index (χ4v) is 1.86. The number of esters is 1. The summed E-state index contributed by atoms with van der Waals surface area (Å²) in [7, 11) is 2.80. The summed E-state index contributed by atoms with van der Waals surface area (Å²) in [5, 5.41) is 10.2. The minimum Gasteiger partial charge on any atom is -0.465 e. The van der Waals surface area contributed by atoms with Crippen molar-refractivity contribution in [3.63, 3.8) is 0 Å². The Morgan fingerprint density at radius 1 is 1.60 bits per heavy atom. The van der Waals surface area contributed by atoms with Crippen molar-refractivity contribution >= 4 is 17.3 Å². The normalized spacial score (nSPS) is 14.7. The molecule has 1 N–H and O–H groups in total. The lowest BCUT2D eigenvalue weighted by molar-refractivity contribution is -0.00152. The highest BCUT2D eigenvalue weighted by molar-refractivity contribution is 7.13. The maximum absolute atomic E-state index is 11.1. The Labute approximate surface area is 91.7 Å². The van der Waals surface area contributed by atoms with E-state index in [9.17, 15) is 9.90 Å². The van der Waals surface area contributed by atoms with E-state index >= 15 is 0 Å². The van der Waals surface area contributed by atoms with E-state index in [0.717, 1.165) is 11.3 Å². The third-order valence-electron chi connectivity index (χ3n) is 1.98. The fraction of sp³-hybridized carbons (Fsp3) is 0.556. The van der Waals surface area contributed by atoms with Gasteiger partial charge in [-0.05, 0) is 6.92 Å². The second-order valence-corrected chi connectivity index (χ2v) is 4.00. The van der Waals surface area contributed by atoms with Gasteiger partial charge < -0.3 is 14.6 Å². The third kappa shape index (κ3) is 2.74. The van der Waals surface area contributed by atoms with Gasteiger partial charge in [-0.2, -0.15) is 0 Å². The highest BCUT2D eigenvalue weighted by Crippen LogP contribution is 2.24. The molecule has 2 unspecified atom stereocenters. The molecule has 2 atom stereocenters.